The number of fused-ring (bicyclic) bond motifs is 1. The molecule has 1 aliphatic heterocycles. The summed E-state index contributed by atoms with van der Waals surface area (Å²) < 4.78 is 1.56. The second-order valence-corrected chi connectivity index (χ2v) is 4.00. The highest BCUT2D eigenvalue weighted by Gasteiger charge is 2.26. The zero-order chi connectivity index (χ0) is 10.3. The molecular formula is C9H6N4OS. The predicted molar refractivity (Wildman–Crippen MR) is 54.6 cm³/mol. The van der Waals surface area contributed by atoms with Gasteiger partial charge in [0.2, 0.25) is 5.91 Å². The Morgan fingerprint density at radius 2 is 2.07 bits per heavy atom. The fourth-order valence-electron chi connectivity index (χ4n) is 1.47. The first-order valence-corrected chi connectivity index (χ1v) is 5.36. The molecule has 0 radical (unpaired) electrons. The third-order valence-electron chi connectivity index (χ3n) is 2.15. The maximum atomic E-state index is 11.6. The molecule has 15 heavy (non-hydrogen) atoms. The van der Waals surface area contributed by atoms with Crippen molar-refractivity contribution in [2.75, 3.05) is 5.75 Å². The van der Waals surface area contributed by atoms with Crippen molar-refractivity contribution in [3.05, 3.63) is 24.5 Å². The molecule has 74 valence electrons. The van der Waals surface area contributed by atoms with E-state index in [1.807, 2.05) is 12.1 Å². The van der Waals surface area contributed by atoms with Crippen LogP contribution in [0.15, 0.2) is 29.7 Å². The van der Waals surface area contributed by atoms with E-state index >= 15 is 0 Å². The van der Waals surface area contributed by atoms with Crippen molar-refractivity contribution in [2.24, 2.45) is 0 Å². The molecule has 2 aromatic rings. The molecule has 0 bridgehead atoms. The van der Waals surface area contributed by atoms with E-state index in [0.29, 0.717) is 16.7 Å². The highest BCUT2D eigenvalue weighted by atomic mass is 32.2. The summed E-state index contributed by atoms with van der Waals surface area (Å²) in [5.74, 6) is 1.08. The van der Waals surface area contributed by atoms with Crippen LogP contribution in [0.1, 0.15) is 4.79 Å². The fraction of sp³-hybridized carbons (Fsp3) is 0.111. The topological polar surface area (TPSA) is 60.7 Å². The number of rotatable bonds is 1. The fourth-order valence-corrected chi connectivity index (χ4v) is 2.26. The molecule has 2 aromatic heterocycles. The maximum Gasteiger partial charge on any atom is 0.244 e. The highest BCUT2D eigenvalue weighted by Crippen LogP contribution is 2.28. The molecule has 0 aromatic carbocycles. The van der Waals surface area contributed by atoms with Crippen LogP contribution >= 0.6 is 11.8 Å². The minimum Gasteiger partial charge on any atom is -0.273 e. The Morgan fingerprint density at radius 3 is 2.87 bits per heavy atom. The molecule has 0 amide bonds. The number of aromatic nitrogens is 4. The monoisotopic (exact) mass is 218 g/mol. The minimum absolute atomic E-state index is 0.0341. The largest absolute Gasteiger partial charge is 0.273 e. The number of carbonyl (C=O) groups excluding carboxylic acids is 1. The van der Waals surface area contributed by atoms with Gasteiger partial charge in [-0.15, -0.1) is 10.2 Å². The van der Waals surface area contributed by atoms with Crippen LogP contribution in [0.3, 0.4) is 0 Å². The van der Waals surface area contributed by atoms with Gasteiger partial charge in [0.05, 0.1) is 5.75 Å². The van der Waals surface area contributed by atoms with E-state index in [-0.39, 0.29) is 5.91 Å². The van der Waals surface area contributed by atoms with Gasteiger partial charge in [-0.2, -0.15) is 0 Å². The Labute approximate surface area is 89.5 Å². The number of pyridine rings is 1. The summed E-state index contributed by atoms with van der Waals surface area (Å²) in [6.07, 6.45) is 3.34. The maximum absolute atomic E-state index is 11.6. The summed E-state index contributed by atoms with van der Waals surface area (Å²) in [7, 11) is 0. The van der Waals surface area contributed by atoms with E-state index in [0.717, 1.165) is 5.56 Å². The van der Waals surface area contributed by atoms with Gasteiger partial charge in [-0.25, -0.2) is 4.57 Å². The van der Waals surface area contributed by atoms with Gasteiger partial charge in [-0.1, -0.05) is 11.8 Å². The van der Waals surface area contributed by atoms with Gasteiger partial charge in [0.15, 0.2) is 11.0 Å². The summed E-state index contributed by atoms with van der Waals surface area (Å²) in [5, 5.41) is 8.63. The molecular weight excluding hydrogens is 212 g/mol. The standard InChI is InChI=1S/C9H6N4OS/c14-7-5-15-9-12-11-8(13(7)9)6-1-3-10-4-2-6/h1-4H,5H2. The lowest BCUT2D eigenvalue weighted by atomic mass is 10.2. The van der Waals surface area contributed by atoms with Gasteiger partial charge in [0.1, 0.15) is 0 Å². The van der Waals surface area contributed by atoms with Crippen LogP contribution in [0, 0.1) is 0 Å². The molecule has 0 saturated heterocycles. The van der Waals surface area contributed by atoms with Gasteiger partial charge in [0, 0.05) is 18.0 Å². The zero-order valence-corrected chi connectivity index (χ0v) is 8.44. The molecule has 5 nitrogen and oxygen atoms in total. The smallest absolute Gasteiger partial charge is 0.244 e. The average molecular weight is 218 g/mol. The first kappa shape index (κ1) is 8.60. The Balaban J connectivity index is 2.19. The van der Waals surface area contributed by atoms with E-state index in [1.165, 1.54) is 11.8 Å². The van der Waals surface area contributed by atoms with Crippen molar-refractivity contribution in [3.8, 4) is 11.4 Å². The van der Waals surface area contributed by atoms with Gasteiger partial charge in [0.25, 0.3) is 0 Å². The van der Waals surface area contributed by atoms with Crippen LogP contribution in [-0.4, -0.2) is 31.4 Å². The molecule has 1 aliphatic rings. The number of carbonyl (C=O) groups is 1. The second-order valence-electron chi connectivity index (χ2n) is 3.06. The summed E-state index contributed by atoms with van der Waals surface area (Å²) in [5.41, 5.74) is 0.861. The van der Waals surface area contributed by atoms with Gasteiger partial charge in [-0.05, 0) is 12.1 Å². The van der Waals surface area contributed by atoms with E-state index < -0.39 is 0 Å². The van der Waals surface area contributed by atoms with Crippen LogP contribution < -0.4 is 0 Å². The van der Waals surface area contributed by atoms with Crippen LogP contribution in [0.25, 0.3) is 11.4 Å². The molecule has 3 heterocycles. The molecule has 0 saturated carbocycles. The lowest BCUT2D eigenvalue weighted by Crippen LogP contribution is -2.08. The van der Waals surface area contributed by atoms with Crippen molar-refractivity contribution in [1.82, 2.24) is 19.7 Å². The quantitative estimate of drug-likeness (QED) is 0.717. The Morgan fingerprint density at radius 1 is 1.27 bits per heavy atom. The normalized spacial score (nSPS) is 14.3. The van der Waals surface area contributed by atoms with Crippen molar-refractivity contribution in [2.45, 2.75) is 5.16 Å². The lowest BCUT2D eigenvalue weighted by Gasteiger charge is -1.99. The van der Waals surface area contributed by atoms with Crippen LogP contribution in [0.4, 0.5) is 0 Å². The van der Waals surface area contributed by atoms with E-state index in [1.54, 1.807) is 17.0 Å². The van der Waals surface area contributed by atoms with E-state index in [9.17, 15) is 4.79 Å². The summed E-state index contributed by atoms with van der Waals surface area (Å²) in [4.78, 5) is 15.5. The number of nitrogens with zero attached hydrogens (tertiary/aromatic N) is 4. The van der Waals surface area contributed by atoms with E-state index in [4.69, 9.17) is 0 Å². The highest BCUT2D eigenvalue weighted by molar-refractivity contribution is 8.00. The van der Waals surface area contributed by atoms with Gasteiger partial charge in [-0.3, -0.25) is 9.78 Å². The SMILES string of the molecule is O=C1CSc2nnc(-c3ccncc3)n21. The summed E-state index contributed by atoms with van der Waals surface area (Å²) in [6, 6.07) is 3.63. The molecule has 0 aliphatic carbocycles. The second kappa shape index (κ2) is 3.16. The third kappa shape index (κ3) is 1.25. The molecule has 0 unspecified atom stereocenters. The lowest BCUT2D eigenvalue weighted by molar-refractivity contribution is 0.0941. The molecule has 0 fully saturated rings. The first-order valence-electron chi connectivity index (χ1n) is 4.38. The first-order chi connectivity index (χ1) is 7.36. The number of thioether (sulfide) groups is 1. The molecule has 3 rings (SSSR count). The Bertz CT molecular complexity index is 522. The summed E-state index contributed by atoms with van der Waals surface area (Å²) >= 11 is 1.42. The zero-order valence-electron chi connectivity index (χ0n) is 7.62. The molecule has 0 atom stereocenters. The van der Waals surface area contributed by atoms with Crippen molar-refractivity contribution >= 4 is 17.7 Å². The van der Waals surface area contributed by atoms with Gasteiger partial charge < -0.3 is 0 Å². The van der Waals surface area contributed by atoms with E-state index in [2.05, 4.69) is 15.2 Å². The van der Waals surface area contributed by atoms with Crippen LogP contribution in [0.2, 0.25) is 0 Å². The molecule has 0 spiro atoms. The van der Waals surface area contributed by atoms with Gasteiger partial charge >= 0.3 is 0 Å². The van der Waals surface area contributed by atoms with Crippen molar-refractivity contribution in [1.29, 1.82) is 0 Å². The Kier molecular flexibility index (Phi) is 1.81. The molecule has 0 N–H and O–H groups in total. The van der Waals surface area contributed by atoms with Crippen molar-refractivity contribution in [3.63, 3.8) is 0 Å². The van der Waals surface area contributed by atoms with Crippen LogP contribution in [0.5, 0.6) is 0 Å². The van der Waals surface area contributed by atoms with Crippen LogP contribution in [-0.2, 0) is 0 Å². The predicted octanol–water partition coefficient (Wildman–Crippen LogP) is 1.09. The number of hydrogen-bond donors (Lipinski definition) is 0. The summed E-state index contributed by atoms with van der Waals surface area (Å²) in [6.45, 7) is 0. The average Bonchev–Trinajstić information content (AvgIpc) is 2.84. The molecule has 6 heteroatoms. The third-order valence-corrected chi connectivity index (χ3v) is 3.06. The number of hydrogen-bond acceptors (Lipinski definition) is 5. The Hall–Kier alpha value is -1.69. The van der Waals surface area contributed by atoms with Crippen molar-refractivity contribution < 1.29 is 4.79 Å². The minimum atomic E-state index is 0.0341.